The third-order valence-corrected chi connectivity index (χ3v) is 7.28. The lowest BCUT2D eigenvalue weighted by Gasteiger charge is -2.23. The summed E-state index contributed by atoms with van der Waals surface area (Å²) >= 11 is 1.67. The van der Waals surface area contributed by atoms with Crippen LogP contribution in [0.1, 0.15) is 12.0 Å². The van der Waals surface area contributed by atoms with Crippen LogP contribution in [-0.2, 0) is 10.0 Å². The Labute approximate surface area is 161 Å². The fourth-order valence-corrected chi connectivity index (χ4v) is 5.75. The van der Waals surface area contributed by atoms with Crippen LogP contribution in [0.15, 0.2) is 52.0 Å². The van der Waals surface area contributed by atoms with E-state index in [1.807, 2.05) is 18.2 Å². The van der Waals surface area contributed by atoms with E-state index < -0.39 is 10.0 Å². The van der Waals surface area contributed by atoms with E-state index in [9.17, 15) is 8.42 Å². The minimum atomic E-state index is -3.58. The van der Waals surface area contributed by atoms with Gasteiger partial charge in [0.05, 0.1) is 10.9 Å². The Balaban J connectivity index is 1.41. The second-order valence-electron chi connectivity index (χ2n) is 6.55. The van der Waals surface area contributed by atoms with Gasteiger partial charge < -0.3 is 9.80 Å². The smallest absolute Gasteiger partial charge is 0.285 e. The summed E-state index contributed by atoms with van der Waals surface area (Å²) in [6, 6.07) is 9.04. The van der Waals surface area contributed by atoms with Crippen LogP contribution in [0, 0.1) is 0 Å². The number of amidine groups is 1. The molecule has 0 amide bonds. The Morgan fingerprint density at radius 2 is 1.81 bits per heavy atom. The van der Waals surface area contributed by atoms with Crippen molar-refractivity contribution in [2.75, 3.05) is 31.1 Å². The van der Waals surface area contributed by atoms with Crippen molar-refractivity contribution >= 4 is 42.5 Å². The maximum Gasteiger partial charge on any atom is 0.285 e. The van der Waals surface area contributed by atoms with Gasteiger partial charge in [0.25, 0.3) is 10.0 Å². The molecule has 0 N–H and O–H groups in total. The van der Waals surface area contributed by atoms with Crippen LogP contribution in [0.25, 0.3) is 10.2 Å². The predicted molar refractivity (Wildman–Crippen MR) is 106 cm³/mol. The molecule has 9 heteroatoms. The van der Waals surface area contributed by atoms with E-state index >= 15 is 0 Å². The van der Waals surface area contributed by atoms with Gasteiger partial charge in [-0.1, -0.05) is 23.5 Å². The quantitative estimate of drug-likeness (QED) is 0.625. The molecule has 2 aliphatic rings. The molecule has 0 radical (unpaired) electrons. The van der Waals surface area contributed by atoms with E-state index in [2.05, 4.69) is 19.2 Å². The predicted octanol–water partition coefficient (Wildman–Crippen LogP) is 2.35. The summed E-state index contributed by atoms with van der Waals surface area (Å²) in [4.78, 5) is 13.5. The van der Waals surface area contributed by atoms with Crippen LogP contribution in [0.2, 0.25) is 0 Å². The van der Waals surface area contributed by atoms with Gasteiger partial charge >= 0.3 is 0 Å². The topological polar surface area (TPSA) is 78.8 Å². The highest BCUT2D eigenvalue weighted by Crippen LogP contribution is 2.30. The number of benzene rings is 1. The summed E-state index contributed by atoms with van der Waals surface area (Å²) in [6.45, 7) is 3.13. The van der Waals surface area contributed by atoms with E-state index in [4.69, 9.17) is 4.98 Å². The van der Waals surface area contributed by atoms with Crippen LogP contribution < -0.4 is 4.90 Å². The fraction of sp³-hybridized carbons (Fsp3) is 0.278. The number of fused-ring (bicyclic) bond motifs is 2. The second kappa shape index (κ2) is 6.28. The molecule has 27 heavy (non-hydrogen) atoms. The molecule has 7 nitrogen and oxygen atoms in total. The normalized spacial score (nSPS) is 19.0. The van der Waals surface area contributed by atoms with E-state index in [0.717, 1.165) is 41.4 Å². The molecule has 1 fully saturated rings. The van der Waals surface area contributed by atoms with Crippen molar-refractivity contribution in [3.8, 4) is 0 Å². The first-order valence-electron chi connectivity index (χ1n) is 8.77. The molecule has 0 bridgehead atoms. The largest absolute Gasteiger partial charge is 0.354 e. The standard InChI is InChI=1S/C18H17N5O2S2/c24-27(25)16-5-2-1-4-13(16)17(21-27)22-8-3-9-23(11-10-22)18-20-14-12-19-7-6-15(14)26-18/h1-2,4-7,12H,3,8-11H2. The molecule has 0 saturated carbocycles. The summed E-state index contributed by atoms with van der Waals surface area (Å²) in [7, 11) is -3.58. The van der Waals surface area contributed by atoms with Gasteiger partial charge in [0.15, 0.2) is 11.0 Å². The average Bonchev–Trinajstić information content (AvgIpc) is 3.11. The summed E-state index contributed by atoms with van der Waals surface area (Å²) in [5.41, 5.74) is 1.62. The molecule has 1 saturated heterocycles. The van der Waals surface area contributed by atoms with Crippen LogP contribution >= 0.6 is 11.3 Å². The van der Waals surface area contributed by atoms with E-state index in [1.54, 1.807) is 35.9 Å². The number of pyridine rings is 1. The molecular formula is C18H17N5O2S2. The lowest BCUT2D eigenvalue weighted by atomic mass is 10.2. The number of rotatable bonds is 1. The SMILES string of the molecule is O=S1(=O)N=C(N2CCCN(c3nc4cnccc4s3)CC2)c2ccccc21. The second-order valence-corrected chi connectivity index (χ2v) is 9.14. The first-order valence-corrected chi connectivity index (χ1v) is 11.0. The minimum Gasteiger partial charge on any atom is -0.354 e. The number of anilines is 1. The zero-order chi connectivity index (χ0) is 18.4. The molecule has 0 aliphatic carbocycles. The van der Waals surface area contributed by atoms with Crippen molar-refractivity contribution < 1.29 is 8.42 Å². The average molecular weight is 400 g/mol. The minimum absolute atomic E-state index is 0.305. The first kappa shape index (κ1) is 16.6. The van der Waals surface area contributed by atoms with Crippen LogP contribution in [-0.4, -0.2) is 55.3 Å². The van der Waals surface area contributed by atoms with E-state index in [-0.39, 0.29) is 0 Å². The van der Waals surface area contributed by atoms with Gasteiger partial charge in [-0.2, -0.15) is 8.42 Å². The van der Waals surface area contributed by atoms with Gasteiger partial charge in [-0.25, -0.2) is 4.98 Å². The van der Waals surface area contributed by atoms with Gasteiger partial charge in [0.2, 0.25) is 0 Å². The van der Waals surface area contributed by atoms with Crippen LogP contribution in [0.4, 0.5) is 5.13 Å². The molecule has 2 aromatic heterocycles. The third-order valence-electron chi connectivity index (χ3n) is 4.86. The molecule has 2 aliphatic heterocycles. The molecule has 0 unspecified atom stereocenters. The number of thiazole rings is 1. The van der Waals surface area contributed by atoms with Gasteiger partial charge in [0.1, 0.15) is 10.4 Å². The van der Waals surface area contributed by atoms with Crippen molar-refractivity contribution in [3.63, 3.8) is 0 Å². The van der Waals surface area contributed by atoms with Crippen LogP contribution in [0.5, 0.6) is 0 Å². The highest BCUT2D eigenvalue weighted by molar-refractivity contribution is 7.90. The van der Waals surface area contributed by atoms with Gasteiger partial charge in [-0.05, 0) is 24.6 Å². The summed E-state index contributed by atoms with van der Waals surface area (Å²) < 4.78 is 29.9. The lowest BCUT2D eigenvalue weighted by molar-refractivity contribution is 0.450. The van der Waals surface area contributed by atoms with Crippen molar-refractivity contribution in [3.05, 3.63) is 48.3 Å². The summed E-state index contributed by atoms with van der Waals surface area (Å²) in [5, 5.41) is 0.987. The Morgan fingerprint density at radius 1 is 1.00 bits per heavy atom. The zero-order valence-electron chi connectivity index (χ0n) is 14.4. The lowest BCUT2D eigenvalue weighted by Crippen LogP contribution is -2.35. The van der Waals surface area contributed by atoms with Gasteiger partial charge in [-0.3, -0.25) is 4.98 Å². The fourth-order valence-electron chi connectivity index (χ4n) is 3.54. The first-order chi connectivity index (χ1) is 13.1. The van der Waals surface area contributed by atoms with Crippen molar-refractivity contribution in [1.82, 2.24) is 14.9 Å². The Bertz CT molecular complexity index is 1120. The molecular weight excluding hydrogens is 382 g/mol. The number of hydrogen-bond donors (Lipinski definition) is 0. The Morgan fingerprint density at radius 3 is 2.70 bits per heavy atom. The van der Waals surface area contributed by atoms with Crippen molar-refractivity contribution in [2.45, 2.75) is 11.3 Å². The van der Waals surface area contributed by atoms with Crippen LogP contribution in [0.3, 0.4) is 0 Å². The molecule has 138 valence electrons. The molecule has 5 rings (SSSR count). The van der Waals surface area contributed by atoms with Crippen molar-refractivity contribution in [2.24, 2.45) is 4.40 Å². The van der Waals surface area contributed by atoms with E-state index in [1.165, 1.54) is 0 Å². The van der Waals surface area contributed by atoms with Gasteiger partial charge in [0, 0.05) is 37.9 Å². The Kier molecular flexibility index (Phi) is 3.87. The molecule has 0 spiro atoms. The van der Waals surface area contributed by atoms with E-state index in [0.29, 0.717) is 22.8 Å². The zero-order valence-corrected chi connectivity index (χ0v) is 16.1. The summed E-state index contributed by atoms with van der Waals surface area (Å²) in [5.74, 6) is 0.570. The highest BCUT2D eigenvalue weighted by Gasteiger charge is 2.32. The Hall–Kier alpha value is -2.52. The number of nitrogens with zero attached hydrogens (tertiary/aromatic N) is 5. The third kappa shape index (κ3) is 2.87. The number of sulfonamides is 1. The molecule has 3 aromatic rings. The van der Waals surface area contributed by atoms with Crippen molar-refractivity contribution in [1.29, 1.82) is 0 Å². The molecule has 4 heterocycles. The molecule has 0 atom stereocenters. The monoisotopic (exact) mass is 399 g/mol. The maximum atomic E-state index is 12.3. The maximum absolute atomic E-state index is 12.3. The number of aromatic nitrogens is 2. The summed E-state index contributed by atoms with van der Waals surface area (Å²) in [6.07, 6.45) is 4.48. The molecule has 1 aromatic carbocycles. The van der Waals surface area contributed by atoms with Gasteiger partial charge in [-0.15, -0.1) is 4.40 Å². The highest BCUT2D eigenvalue weighted by atomic mass is 32.2. The number of hydrogen-bond acceptors (Lipinski definition) is 7.